The highest BCUT2D eigenvalue weighted by molar-refractivity contribution is 9.10. The number of halogens is 1. The first kappa shape index (κ1) is 13.9. The molecule has 1 saturated carbocycles. The highest BCUT2D eigenvalue weighted by Gasteiger charge is 2.41. The Balaban J connectivity index is 1.80. The molecule has 1 heterocycles. The molecule has 1 fully saturated rings. The van der Waals surface area contributed by atoms with Gasteiger partial charge in [-0.05, 0) is 60.7 Å². The fourth-order valence-corrected chi connectivity index (χ4v) is 3.81. The van der Waals surface area contributed by atoms with Crippen molar-refractivity contribution in [3.05, 3.63) is 28.2 Å². The summed E-state index contributed by atoms with van der Waals surface area (Å²) in [7, 11) is 2.10. The monoisotopic (exact) mass is 336 g/mol. The Labute approximate surface area is 129 Å². The fraction of sp³-hybridized carbons (Fsp3) is 0.562. The van der Waals surface area contributed by atoms with Gasteiger partial charge in [0.1, 0.15) is 5.60 Å². The number of hydrogen-bond donors (Lipinski definition) is 0. The van der Waals surface area contributed by atoms with Crippen molar-refractivity contribution in [2.45, 2.75) is 44.6 Å². The van der Waals surface area contributed by atoms with Crippen molar-refractivity contribution in [2.75, 3.05) is 18.5 Å². The molecule has 108 valence electrons. The predicted octanol–water partition coefficient (Wildman–Crippen LogP) is 4.34. The second kappa shape index (κ2) is 5.40. The van der Waals surface area contributed by atoms with Crippen LogP contribution in [-0.2, 0) is 4.84 Å². The van der Waals surface area contributed by atoms with Gasteiger partial charge >= 0.3 is 0 Å². The smallest absolute Gasteiger partial charge is 0.143 e. The van der Waals surface area contributed by atoms with Crippen molar-refractivity contribution < 1.29 is 4.84 Å². The van der Waals surface area contributed by atoms with Crippen molar-refractivity contribution in [1.29, 1.82) is 0 Å². The molecule has 0 atom stereocenters. The molecule has 2 aliphatic rings. The minimum absolute atomic E-state index is 0.0146. The van der Waals surface area contributed by atoms with Crippen LogP contribution in [0.1, 0.15) is 44.6 Å². The molecule has 0 N–H and O–H groups in total. The molecule has 1 aliphatic heterocycles. The maximum Gasteiger partial charge on any atom is 0.143 e. The molecule has 0 unspecified atom stereocenters. The third-order valence-corrected chi connectivity index (χ3v) is 5.16. The van der Waals surface area contributed by atoms with Crippen LogP contribution in [0.2, 0.25) is 0 Å². The van der Waals surface area contributed by atoms with Gasteiger partial charge in [-0.25, -0.2) is 0 Å². The number of rotatable bonds is 3. The van der Waals surface area contributed by atoms with Crippen LogP contribution < -0.4 is 4.90 Å². The molecular formula is C16H21BrN2O. The Bertz CT molecular complexity index is 535. The average Bonchev–Trinajstić information content (AvgIpc) is 3.09. The molecule has 1 aromatic rings. The van der Waals surface area contributed by atoms with E-state index in [1.807, 2.05) is 0 Å². The molecule has 20 heavy (non-hydrogen) atoms. The Hall–Kier alpha value is -1.03. The number of nitrogens with zero attached hydrogens (tertiary/aromatic N) is 2. The third-order valence-electron chi connectivity index (χ3n) is 4.52. The molecular weight excluding hydrogens is 316 g/mol. The minimum atomic E-state index is 0.0146. The molecule has 0 radical (unpaired) electrons. The first-order chi connectivity index (χ1) is 9.63. The van der Waals surface area contributed by atoms with Crippen LogP contribution >= 0.6 is 15.9 Å². The summed E-state index contributed by atoms with van der Waals surface area (Å²) >= 11 is 3.67. The summed E-state index contributed by atoms with van der Waals surface area (Å²) in [6, 6.07) is 6.48. The zero-order valence-corrected chi connectivity index (χ0v) is 13.7. The van der Waals surface area contributed by atoms with Crippen LogP contribution in [0.25, 0.3) is 0 Å². The van der Waals surface area contributed by atoms with Gasteiger partial charge in [-0.1, -0.05) is 11.2 Å². The third kappa shape index (κ3) is 2.46. The van der Waals surface area contributed by atoms with Crippen molar-refractivity contribution in [3.63, 3.8) is 0 Å². The zero-order chi connectivity index (χ0) is 14.2. The number of anilines is 1. The van der Waals surface area contributed by atoms with Gasteiger partial charge in [0.15, 0.2) is 0 Å². The van der Waals surface area contributed by atoms with Crippen molar-refractivity contribution in [3.8, 4) is 0 Å². The summed E-state index contributed by atoms with van der Waals surface area (Å²) in [5.41, 5.74) is 3.50. The van der Waals surface area contributed by atoms with Crippen LogP contribution in [0.15, 0.2) is 27.8 Å². The summed E-state index contributed by atoms with van der Waals surface area (Å²) < 4.78 is 1.12. The Kier molecular flexibility index (Phi) is 3.76. The van der Waals surface area contributed by atoms with Crippen molar-refractivity contribution in [1.82, 2.24) is 0 Å². The lowest BCUT2D eigenvalue weighted by Gasteiger charge is -2.20. The van der Waals surface area contributed by atoms with E-state index in [2.05, 4.69) is 58.2 Å². The van der Waals surface area contributed by atoms with E-state index in [1.54, 1.807) is 0 Å². The second-order valence-electron chi connectivity index (χ2n) is 5.88. The molecule has 4 heteroatoms. The van der Waals surface area contributed by atoms with Gasteiger partial charge in [0.25, 0.3) is 0 Å². The van der Waals surface area contributed by atoms with Gasteiger partial charge in [-0.2, -0.15) is 0 Å². The normalized spacial score (nSPS) is 20.1. The van der Waals surface area contributed by atoms with E-state index in [4.69, 9.17) is 4.84 Å². The minimum Gasteiger partial charge on any atom is -0.389 e. The quantitative estimate of drug-likeness (QED) is 0.819. The van der Waals surface area contributed by atoms with Gasteiger partial charge in [0, 0.05) is 30.0 Å². The van der Waals surface area contributed by atoms with Crippen LogP contribution in [-0.4, -0.2) is 24.9 Å². The van der Waals surface area contributed by atoms with E-state index in [0.29, 0.717) is 0 Å². The maximum atomic E-state index is 5.77. The summed E-state index contributed by atoms with van der Waals surface area (Å²) in [4.78, 5) is 7.99. The van der Waals surface area contributed by atoms with Gasteiger partial charge in [-0.3, -0.25) is 0 Å². The highest BCUT2D eigenvalue weighted by Crippen LogP contribution is 2.41. The summed E-state index contributed by atoms with van der Waals surface area (Å²) in [5, 5.41) is 4.36. The fourth-order valence-electron chi connectivity index (χ4n) is 3.13. The molecule has 3 rings (SSSR count). The standard InChI is InChI=1S/C16H21BrN2O/c1-3-19(2)15-7-6-12(10-13(15)17)14-11-16(20-18-14)8-4-5-9-16/h6-7,10H,3-5,8-9,11H2,1-2H3. The van der Waals surface area contributed by atoms with E-state index in [0.717, 1.165) is 36.0 Å². The van der Waals surface area contributed by atoms with E-state index >= 15 is 0 Å². The first-order valence-electron chi connectivity index (χ1n) is 7.40. The van der Waals surface area contributed by atoms with E-state index in [-0.39, 0.29) is 5.60 Å². The topological polar surface area (TPSA) is 24.8 Å². The van der Waals surface area contributed by atoms with Gasteiger partial charge < -0.3 is 9.74 Å². The lowest BCUT2D eigenvalue weighted by molar-refractivity contribution is -0.0126. The van der Waals surface area contributed by atoms with Gasteiger partial charge in [-0.15, -0.1) is 0 Å². The first-order valence-corrected chi connectivity index (χ1v) is 8.19. The predicted molar refractivity (Wildman–Crippen MR) is 86.5 cm³/mol. The summed E-state index contributed by atoms with van der Waals surface area (Å²) in [6.45, 7) is 3.14. The van der Waals surface area contributed by atoms with Crippen LogP contribution in [0.4, 0.5) is 5.69 Å². The molecule has 1 aliphatic carbocycles. The summed E-state index contributed by atoms with van der Waals surface area (Å²) in [6.07, 6.45) is 5.80. The highest BCUT2D eigenvalue weighted by atomic mass is 79.9. The van der Waals surface area contributed by atoms with Crippen LogP contribution in [0.3, 0.4) is 0 Å². The van der Waals surface area contributed by atoms with E-state index in [9.17, 15) is 0 Å². The maximum absolute atomic E-state index is 5.77. The molecule has 1 aromatic carbocycles. The molecule has 0 aromatic heterocycles. The molecule has 0 saturated heterocycles. The largest absolute Gasteiger partial charge is 0.389 e. The molecule has 3 nitrogen and oxygen atoms in total. The summed E-state index contributed by atoms with van der Waals surface area (Å²) in [5.74, 6) is 0. The van der Waals surface area contributed by atoms with Gasteiger partial charge in [0.2, 0.25) is 0 Å². The average molecular weight is 337 g/mol. The Morgan fingerprint density at radius 3 is 2.75 bits per heavy atom. The lowest BCUT2D eigenvalue weighted by Crippen LogP contribution is -2.24. The van der Waals surface area contributed by atoms with Crippen LogP contribution in [0.5, 0.6) is 0 Å². The molecule has 1 spiro atoms. The molecule has 0 bridgehead atoms. The van der Waals surface area contributed by atoms with Crippen molar-refractivity contribution in [2.24, 2.45) is 5.16 Å². The second-order valence-corrected chi connectivity index (χ2v) is 6.73. The number of benzene rings is 1. The lowest BCUT2D eigenvalue weighted by atomic mass is 9.93. The number of oxime groups is 1. The van der Waals surface area contributed by atoms with E-state index in [1.165, 1.54) is 24.1 Å². The van der Waals surface area contributed by atoms with Gasteiger partial charge in [0.05, 0.1) is 11.4 Å². The van der Waals surface area contributed by atoms with E-state index < -0.39 is 0 Å². The number of hydrogen-bond acceptors (Lipinski definition) is 3. The van der Waals surface area contributed by atoms with Crippen molar-refractivity contribution >= 4 is 27.3 Å². The Morgan fingerprint density at radius 1 is 1.35 bits per heavy atom. The zero-order valence-electron chi connectivity index (χ0n) is 12.2. The molecule has 0 amide bonds. The van der Waals surface area contributed by atoms with Crippen LogP contribution in [0, 0.1) is 0 Å². The SMILES string of the molecule is CCN(C)c1ccc(C2=NOC3(CCCC3)C2)cc1Br. The Morgan fingerprint density at radius 2 is 2.10 bits per heavy atom.